The van der Waals surface area contributed by atoms with Crippen LogP contribution < -0.4 is 4.72 Å². The lowest BCUT2D eigenvalue weighted by Gasteiger charge is -2.19. The van der Waals surface area contributed by atoms with E-state index in [2.05, 4.69) is 11.6 Å². The molecular formula is C10H22N2O3S. The second-order valence-corrected chi connectivity index (χ2v) is 6.44. The molecule has 16 heavy (non-hydrogen) atoms. The lowest BCUT2D eigenvalue weighted by atomic mass is 10.1. The van der Waals surface area contributed by atoms with Crippen molar-refractivity contribution in [1.82, 2.24) is 9.03 Å². The normalized spacial score (nSPS) is 19.0. The molecule has 0 amide bonds. The standard InChI is InChI=1S/C10H22N2O3S/c1-3-10(5-6-10)9-11-16(14,15)12(2)7-4-8-13/h11,13H,3-9H2,1-2H3. The van der Waals surface area contributed by atoms with Crippen molar-refractivity contribution in [3.63, 3.8) is 0 Å². The molecule has 0 radical (unpaired) electrons. The van der Waals surface area contributed by atoms with Gasteiger partial charge in [-0.1, -0.05) is 6.92 Å². The second-order valence-electron chi connectivity index (χ2n) is 4.58. The molecule has 0 spiro atoms. The number of rotatable bonds is 8. The number of nitrogens with zero attached hydrogens (tertiary/aromatic N) is 1. The smallest absolute Gasteiger partial charge is 0.279 e. The molecule has 0 saturated heterocycles. The van der Waals surface area contributed by atoms with Crippen molar-refractivity contribution >= 4 is 10.2 Å². The van der Waals surface area contributed by atoms with E-state index in [0.29, 0.717) is 19.5 Å². The van der Waals surface area contributed by atoms with Gasteiger partial charge in [-0.05, 0) is 31.1 Å². The van der Waals surface area contributed by atoms with Gasteiger partial charge in [-0.2, -0.15) is 12.7 Å². The van der Waals surface area contributed by atoms with Gasteiger partial charge in [0.25, 0.3) is 10.2 Å². The zero-order chi connectivity index (χ0) is 12.2. The first kappa shape index (κ1) is 13.9. The number of hydrogen-bond donors (Lipinski definition) is 2. The van der Waals surface area contributed by atoms with Crippen LogP contribution in [0.1, 0.15) is 32.6 Å². The van der Waals surface area contributed by atoms with Crippen LogP contribution in [0.15, 0.2) is 0 Å². The number of nitrogens with one attached hydrogen (secondary N) is 1. The van der Waals surface area contributed by atoms with E-state index >= 15 is 0 Å². The summed E-state index contributed by atoms with van der Waals surface area (Å²) in [7, 11) is -1.83. The van der Waals surface area contributed by atoms with Gasteiger partial charge in [0.05, 0.1) is 0 Å². The highest BCUT2D eigenvalue weighted by Crippen LogP contribution is 2.47. The molecule has 0 aliphatic heterocycles. The summed E-state index contributed by atoms with van der Waals surface area (Å²) in [6.45, 7) is 3.00. The lowest BCUT2D eigenvalue weighted by molar-refractivity contribution is 0.275. The first-order valence-corrected chi connectivity index (χ1v) is 7.21. The summed E-state index contributed by atoms with van der Waals surface area (Å²) in [5.41, 5.74) is 0.213. The van der Waals surface area contributed by atoms with Crippen molar-refractivity contribution in [2.45, 2.75) is 32.6 Å². The van der Waals surface area contributed by atoms with Crippen molar-refractivity contribution in [3.8, 4) is 0 Å². The molecule has 5 nitrogen and oxygen atoms in total. The summed E-state index contributed by atoms with van der Waals surface area (Å²) >= 11 is 0. The van der Waals surface area contributed by atoms with Crippen LogP contribution in [0.5, 0.6) is 0 Å². The third-order valence-electron chi connectivity index (χ3n) is 3.38. The van der Waals surface area contributed by atoms with Crippen molar-refractivity contribution < 1.29 is 13.5 Å². The molecule has 6 heteroatoms. The van der Waals surface area contributed by atoms with E-state index in [9.17, 15) is 8.42 Å². The largest absolute Gasteiger partial charge is 0.396 e. The first-order valence-electron chi connectivity index (χ1n) is 5.77. The minimum absolute atomic E-state index is 0.0127. The van der Waals surface area contributed by atoms with Crippen molar-refractivity contribution in [3.05, 3.63) is 0 Å². The van der Waals surface area contributed by atoms with E-state index in [0.717, 1.165) is 19.3 Å². The summed E-state index contributed by atoms with van der Waals surface area (Å²) in [6.07, 6.45) is 3.73. The van der Waals surface area contributed by atoms with E-state index in [-0.39, 0.29) is 12.0 Å². The Bertz CT molecular complexity index is 312. The quantitative estimate of drug-likeness (QED) is 0.652. The Labute approximate surface area is 98.0 Å². The number of aliphatic hydroxyl groups excluding tert-OH is 1. The molecule has 1 saturated carbocycles. The lowest BCUT2D eigenvalue weighted by Crippen LogP contribution is -2.41. The third-order valence-corrected chi connectivity index (χ3v) is 4.89. The van der Waals surface area contributed by atoms with Gasteiger partial charge in [0.15, 0.2) is 0 Å². The minimum atomic E-state index is -3.36. The molecule has 0 aromatic carbocycles. The Hall–Kier alpha value is -0.170. The molecule has 1 fully saturated rings. The Morgan fingerprint density at radius 1 is 1.44 bits per heavy atom. The van der Waals surface area contributed by atoms with E-state index in [1.165, 1.54) is 11.4 Å². The van der Waals surface area contributed by atoms with Crippen LogP contribution in [0.4, 0.5) is 0 Å². The molecule has 0 aromatic heterocycles. The summed E-state index contributed by atoms with van der Waals surface area (Å²) < 4.78 is 27.4. The zero-order valence-corrected chi connectivity index (χ0v) is 10.9. The van der Waals surface area contributed by atoms with Crippen molar-refractivity contribution in [2.24, 2.45) is 5.41 Å². The van der Waals surface area contributed by atoms with Crippen molar-refractivity contribution in [1.29, 1.82) is 0 Å². The molecule has 0 unspecified atom stereocenters. The molecule has 1 aliphatic carbocycles. The highest BCUT2D eigenvalue weighted by atomic mass is 32.2. The van der Waals surface area contributed by atoms with Gasteiger partial charge in [-0.15, -0.1) is 0 Å². The minimum Gasteiger partial charge on any atom is -0.396 e. The van der Waals surface area contributed by atoms with Crippen LogP contribution in [0.3, 0.4) is 0 Å². The maximum atomic E-state index is 11.8. The second kappa shape index (κ2) is 5.44. The summed E-state index contributed by atoms with van der Waals surface area (Å²) in [5.74, 6) is 0. The molecule has 1 rings (SSSR count). The molecular weight excluding hydrogens is 228 g/mol. The molecule has 1 aliphatic rings. The zero-order valence-electron chi connectivity index (χ0n) is 10.1. The highest BCUT2D eigenvalue weighted by molar-refractivity contribution is 7.87. The summed E-state index contributed by atoms with van der Waals surface area (Å²) in [5, 5.41) is 8.65. The fraction of sp³-hybridized carbons (Fsp3) is 1.00. The number of aliphatic hydroxyl groups is 1. The van der Waals surface area contributed by atoms with Gasteiger partial charge in [0.1, 0.15) is 0 Å². The third kappa shape index (κ3) is 3.69. The Morgan fingerprint density at radius 3 is 2.50 bits per heavy atom. The van der Waals surface area contributed by atoms with Crippen LogP contribution >= 0.6 is 0 Å². The molecule has 0 heterocycles. The molecule has 0 aromatic rings. The number of hydrogen-bond acceptors (Lipinski definition) is 3. The fourth-order valence-corrected chi connectivity index (χ4v) is 2.68. The van der Waals surface area contributed by atoms with Gasteiger partial charge < -0.3 is 5.11 Å². The maximum absolute atomic E-state index is 11.8. The maximum Gasteiger partial charge on any atom is 0.279 e. The van der Waals surface area contributed by atoms with Crippen LogP contribution in [0.25, 0.3) is 0 Å². The predicted octanol–water partition coefficient (Wildman–Crippen LogP) is 0.325. The van der Waals surface area contributed by atoms with Crippen LogP contribution in [-0.2, 0) is 10.2 Å². The molecule has 0 atom stereocenters. The highest BCUT2D eigenvalue weighted by Gasteiger charge is 2.41. The van der Waals surface area contributed by atoms with E-state index in [1.54, 1.807) is 0 Å². The Morgan fingerprint density at radius 2 is 2.06 bits per heavy atom. The van der Waals surface area contributed by atoms with Crippen molar-refractivity contribution in [2.75, 3.05) is 26.7 Å². The molecule has 96 valence electrons. The van der Waals surface area contributed by atoms with Gasteiger partial charge in [0, 0.05) is 26.7 Å². The predicted molar refractivity (Wildman–Crippen MR) is 63.2 cm³/mol. The van der Waals surface area contributed by atoms with Gasteiger partial charge in [-0.25, -0.2) is 4.72 Å². The van der Waals surface area contributed by atoms with E-state index < -0.39 is 10.2 Å². The first-order chi connectivity index (χ1) is 7.46. The van der Waals surface area contributed by atoms with Gasteiger partial charge in [-0.3, -0.25) is 0 Å². The molecule has 2 N–H and O–H groups in total. The Kier molecular flexibility index (Phi) is 4.73. The Balaban J connectivity index is 2.39. The SMILES string of the molecule is CCC1(CNS(=O)(=O)N(C)CCCO)CC1. The van der Waals surface area contributed by atoms with Gasteiger partial charge >= 0.3 is 0 Å². The monoisotopic (exact) mass is 250 g/mol. The average Bonchev–Trinajstić information content (AvgIpc) is 3.04. The van der Waals surface area contributed by atoms with E-state index in [4.69, 9.17) is 5.11 Å². The average molecular weight is 250 g/mol. The summed E-state index contributed by atoms with van der Waals surface area (Å²) in [6, 6.07) is 0. The topological polar surface area (TPSA) is 69.6 Å². The fourth-order valence-electron chi connectivity index (χ4n) is 1.60. The van der Waals surface area contributed by atoms with Crippen LogP contribution in [-0.4, -0.2) is 44.6 Å². The van der Waals surface area contributed by atoms with Gasteiger partial charge in [0.2, 0.25) is 0 Å². The van der Waals surface area contributed by atoms with E-state index in [1.807, 2.05) is 0 Å². The summed E-state index contributed by atoms with van der Waals surface area (Å²) in [4.78, 5) is 0. The van der Waals surface area contributed by atoms with Crippen LogP contribution in [0.2, 0.25) is 0 Å². The molecule has 0 bridgehead atoms. The van der Waals surface area contributed by atoms with Crippen LogP contribution in [0, 0.1) is 5.41 Å².